The fourth-order valence-corrected chi connectivity index (χ4v) is 3.63. The van der Waals surface area contributed by atoms with Gasteiger partial charge in [-0.1, -0.05) is 6.07 Å². The number of benzene rings is 1. The second-order valence-electron chi connectivity index (χ2n) is 4.26. The molecule has 1 heterocycles. The maximum Gasteiger partial charge on any atom is 0.416 e. The van der Waals surface area contributed by atoms with Crippen LogP contribution in [0.2, 0.25) is 0 Å². The van der Waals surface area contributed by atoms with E-state index in [2.05, 4.69) is 0 Å². The molecule has 1 aromatic carbocycles. The number of hydrogen-bond donors (Lipinski definition) is 1. The molecule has 0 saturated heterocycles. The van der Waals surface area contributed by atoms with Crippen molar-refractivity contribution in [2.24, 2.45) is 5.73 Å². The van der Waals surface area contributed by atoms with Gasteiger partial charge in [0, 0.05) is 4.91 Å². The summed E-state index contributed by atoms with van der Waals surface area (Å²) in [7, 11) is -3.80. The highest BCUT2D eigenvalue weighted by Gasteiger charge is 2.35. The van der Waals surface area contributed by atoms with Crippen LogP contribution in [-0.4, -0.2) is 15.0 Å². The molecule has 1 aliphatic rings. The largest absolute Gasteiger partial charge is 0.416 e. The minimum Gasteiger partial charge on any atom is -0.330 e. The summed E-state index contributed by atoms with van der Waals surface area (Å²) in [6, 6.07) is 2.76. The van der Waals surface area contributed by atoms with E-state index in [1.54, 1.807) is 0 Å². The number of hydrogen-bond acceptors (Lipinski definition) is 3. The molecule has 1 aromatic rings. The maximum absolute atomic E-state index is 12.6. The van der Waals surface area contributed by atoms with Crippen LogP contribution in [0.3, 0.4) is 0 Å². The lowest BCUT2D eigenvalue weighted by atomic mass is 10.1. The van der Waals surface area contributed by atoms with Crippen LogP contribution in [0.25, 0.3) is 6.08 Å². The zero-order valence-corrected chi connectivity index (χ0v) is 10.7. The van der Waals surface area contributed by atoms with Crippen LogP contribution in [0.5, 0.6) is 0 Å². The molecular weight excluding hydrogens is 279 g/mol. The Morgan fingerprint density at radius 1 is 1.21 bits per heavy atom. The quantitative estimate of drug-likeness (QED) is 0.931. The van der Waals surface area contributed by atoms with Crippen LogP contribution in [-0.2, 0) is 16.0 Å². The van der Waals surface area contributed by atoms with Gasteiger partial charge in [0.25, 0.3) is 0 Å². The Morgan fingerprint density at radius 2 is 1.89 bits per heavy atom. The third kappa shape index (κ3) is 2.52. The summed E-state index contributed by atoms with van der Waals surface area (Å²) in [5.41, 5.74) is 4.66. The Bertz CT molecular complexity index is 633. The molecule has 0 bridgehead atoms. The van der Waals surface area contributed by atoms with E-state index in [9.17, 15) is 21.6 Å². The molecule has 3 nitrogen and oxygen atoms in total. The van der Waals surface area contributed by atoms with Gasteiger partial charge in [-0.05, 0) is 43.2 Å². The van der Waals surface area contributed by atoms with Crippen LogP contribution in [0.4, 0.5) is 13.2 Å². The van der Waals surface area contributed by atoms with Crippen molar-refractivity contribution in [2.45, 2.75) is 23.9 Å². The molecule has 2 rings (SSSR count). The number of nitrogens with two attached hydrogens (primary N) is 1. The van der Waals surface area contributed by atoms with Gasteiger partial charge in [-0.3, -0.25) is 0 Å². The van der Waals surface area contributed by atoms with Crippen LogP contribution >= 0.6 is 0 Å². The van der Waals surface area contributed by atoms with Crippen molar-refractivity contribution in [2.75, 3.05) is 6.54 Å². The molecule has 19 heavy (non-hydrogen) atoms. The Kier molecular flexibility index (Phi) is 3.44. The monoisotopic (exact) mass is 291 g/mol. The number of rotatable bonds is 3. The summed E-state index contributed by atoms with van der Waals surface area (Å²) in [6.45, 7) is 0.330. The summed E-state index contributed by atoms with van der Waals surface area (Å²) in [6.07, 6.45) is -2.41. The van der Waals surface area contributed by atoms with Gasteiger partial charge in [0.2, 0.25) is 9.84 Å². The Hall–Kier alpha value is -1.34. The molecule has 104 valence electrons. The van der Waals surface area contributed by atoms with Crippen molar-refractivity contribution in [3.63, 3.8) is 0 Å². The van der Waals surface area contributed by atoms with E-state index in [4.69, 9.17) is 5.73 Å². The first-order chi connectivity index (χ1) is 8.76. The van der Waals surface area contributed by atoms with Crippen molar-refractivity contribution in [1.82, 2.24) is 0 Å². The predicted octanol–water partition coefficient (Wildman–Crippen LogP) is 2.57. The highest BCUT2D eigenvalue weighted by Crippen LogP contribution is 2.38. The first-order valence-electron chi connectivity index (χ1n) is 5.64. The maximum atomic E-state index is 12.6. The van der Waals surface area contributed by atoms with Gasteiger partial charge in [0.05, 0.1) is 10.5 Å². The lowest BCUT2D eigenvalue weighted by Gasteiger charge is -2.08. The van der Waals surface area contributed by atoms with E-state index in [0.717, 1.165) is 6.07 Å². The van der Waals surface area contributed by atoms with Gasteiger partial charge in [0.15, 0.2) is 0 Å². The fourth-order valence-electron chi connectivity index (χ4n) is 1.94. The summed E-state index contributed by atoms with van der Waals surface area (Å²) in [5.74, 6) is 0. The number of allylic oxidation sites excluding steroid dienone is 1. The molecule has 0 unspecified atom stereocenters. The van der Waals surface area contributed by atoms with E-state index in [0.29, 0.717) is 24.6 Å². The van der Waals surface area contributed by atoms with E-state index in [-0.39, 0.29) is 16.2 Å². The number of alkyl halides is 3. The zero-order valence-electron chi connectivity index (χ0n) is 9.87. The molecular formula is C12H12F3NO2S. The van der Waals surface area contributed by atoms with Crippen LogP contribution in [0, 0.1) is 0 Å². The summed E-state index contributed by atoms with van der Waals surface area (Å²) >= 11 is 0. The van der Waals surface area contributed by atoms with E-state index in [1.807, 2.05) is 0 Å². The van der Waals surface area contributed by atoms with Gasteiger partial charge in [0.1, 0.15) is 0 Å². The molecule has 0 aliphatic carbocycles. The SMILES string of the molecule is NCCCC1=Cc2ccc(C(F)(F)F)cc2S1(=O)=O. The summed E-state index contributed by atoms with van der Waals surface area (Å²) in [5, 5.41) is 0. The highest BCUT2D eigenvalue weighted by molar-refractivity contribution is 7.95. The molecule has 0 aromatic heterocycles. The van der Waals surface area contributed by atoms with Gasteiger partial charge < -0.3 is 5.73 Å². The minimum atomic E-state index is -4.55. The standard InChI is InChI=1S/C12H12F3NO2S/c13-12(14,15)9-4-3-8-6-10(2-1-5-16)19(17,18)11(8)7-9/h3-4,6-7H,1-2,5,16H2. The van der Waals surface area contributed by atoms with Gasteiger partial charge in [-0.15, -0.1) is 0 Å². The smallest absolute Gasteiger partial charge is 0.330 e. The molecule has 0 fully saturated rings. The Labute approximate surface area is 108 Å². The molecule has 0 saturated carbocycles. The average molecular weight is 291 g/mol. The highest BCUT2D eigenvalue weighted by atomic mass is 32.2. The van der Waals surface area contributed by atoms with Crippen molar-refractivity contribution in [3.05, 3.63) is 34.2 Å². The van der Waals surface area contributed by atoms with Crippen molar-refractivity contribution in [3.8, 4) is 0 Å². The molecule has 0 atom stereocenters. The molecule has 2 N–H and O–H groups in total. The van der Waals surface area contributed by atoms with Crippen molar-refractivity contribution >= 4 is 15.9 Å². The van der Waals surface area contributed by atoms with E-state index >= 15 is 0 Å². The first kappa shape index (κ1) is 14.1. The third-order valence-corrected chi connectivity index (χ3v) is 4.86. The summed E-state index contributed by atoms with van der Waals surface area (Å²) in [4.78, 5) is -0.137. The van der Waals surface area contributed by atoms with Crippen LogP contribution < -0.4 is 5.73 Å². The second-order valence-corrected chi connectivity index (χ2v) is 6.23. The lowest BCUT2D eigenvalue weighted by molar-refractivity contribution is -0.137. The summed E-state index contributed by atoms with van der Waals surface area (Å²) < 4.78 is 61.9. The number of sulfone groups is 1. The molecule has 0 radical (unpaired) electrons. The topological polar surface area (TPSA) is 60.2 Å². The van der Waals surface area contributed by atoms with Gasteiger partial charge >= 0.3 is 6.18 Å². The van der Waals surface area contributed by atoms with E-state index in [1.165, 1.54) is 12.1 Å². The lowest BCUT2D eigenvalue weighted by Crippen LogP contribution is -2.08. The molecule has 0 amide bonds. The van der Waals surface area contributed by atoms with Crippen molar-refractivity contribution < 1.29 is 21.6 Å². The molecule has 1 aliphatic heterocycles. The van der Waals surface area contributed by atoms with Crippen molar-refractivity contribution in [1.29, 1.82) is 0 Å². The van der Waals surface area contributed by atoms with Gasteiger partial charge in [-0.2, -0.15) is 13.2 Å². The van der Waals surface area contributed by atoms with Gasteiger partial charge in [-0.25, -0.2) is 8.42 Å². The Morgan fingerprint density at radius 3 is 2.47 bits per heavy atom. The number of halogens is 3. The minimum absolute atomic E-state index is 0.132. The first-order valence-corrected chi connectivity index (χ1v) is 7.12. The fraction of sp³-hybridized carbons (Fsp3) is 0.333. The second kappa shape index (κ2) is 4.64. The Balaban J connectivity index is 2.45. The predicted molar refractivity (Wildman–Crippen MR) is 64.9 cm³/mol. The van der Waals surface area contributed by atoms with Crippen LogP contribution in [0.1, 0.15) is 24.0 Å². The van der Waals surface area contributed by atoms with E-state index < -0.39 is 21.6 Å². The molecule has 0 spiro atoms. The normalized spacial score (nSPS) is 17.2. The molecule has 7 heteroatoms. The van der Waals surface area contributed by atoms with Crippen LogP contribution in [0.15, 0.2) is 28.0 Å². The zero-order chi connectivity index (χ0) is 14.3. The number of fused-ring (bicyclic) bond motifs is 1. The third-order valence-electron chi connectivity index (χ3n) is 2.92. The average Bonchev–Trinajstić information content (AvgIpc) is 2.57.